The first kappa shape index (κ1) is 15.9. The van der Waals surface area contributed by atoms with E-state index in [2.05, 4.69) is 27.7 Å². The fourth-order valence-corrected chi connectivity index (χ4v) is 7.14. The molecule has 0 aromatic rings. The molecule has 4 aliphatic carbocycles. The van der Waals surface area contributed by atoms with Crippen LogP contribution in [0.1, 0.15) is 72.6 Å². The summed E-state index contributed by atoms with van der Waals surface area (Å²) in [5.41, 5.74) is 1.28. The summed E-state index contributed by atoms with van der Waals surface area (Å²) in [5, 5.41) is 11.0. The first-order valence-corrected chi connectivity index (χ1v) is 9.66. The molecule has 1 N–H and O–H groups in total. The maximum absolute atomic E-state index is 12.2. The monoisotopic (exact) mass is 316 g/mol. The molecule has 0 aliphatic heterocycles. The minimum atomic E-state index is -0.491. The van der Waals surface area contributed by atoms with Gasteiger partial charge in [0.05, 0.1) is 5.60 Å². The molecule has 4 aliphatic rings. The molecule has 7 atom stereocenters. The van der Waals surface area contributed by atoms with Crippen LogP contribution in [-0.2, 0) is 4.79 Å². The summed E-state index contributed by atoms with van der Waals surface area (Å²) in [6.07, 6.45) is 9.90. The van der Waals surface area contributed by atoms with Gasteiger partial charge in [0.2, 0.25) is 0 Å². The van der Waals surface area contributed by atoms with Gasteiger partial charge in [-0.15, -0.1) is 0 Å². The van der Waals surface area contributed by atoms with Gasteiger partial charge in [0.25, 0.3) is 0 Å². The second-order valence-corrected chi connectivity index (χ2v) is 9.78. The van der Waals surface area contributed by atoms with Gasteiger partial charge < -0.3 is 5.11 Å². The first-order valence-electron chi connectivity index (χ1n) is 9.66. The molecule has 0 saturated heterocycles. The van der Waals surface area contributed by atoms with Crippen LogP contribution in [-0.4, -0.2) is 16.5 Å². The average Bonchev–Trinajstić information content (AvgIpc) is 2.71. The van der Waals surface area contributed by atoms with Gasteiger partial charge >= 0.3 is 0 Å². The molecule has 0 aromatic heterocycles. The van der Waals surface area contributed by atoms with E-state index in [1.54, 1.807) is 0 Å². The summed E-state index contributed by atoms with van der Waals surface area (Å²) in [7, 11) is 0. The van der Waals surface area contributed by atoms with Crippen LogP contribution in [0.2, 0.25) is 0 Å². The Hall–Kier alpha value is -0.630. The summed E-state index contributed by atoms with van der Waals surface area (Å²) in [5.74, 6) is 2.65. The highest BCUT2D eigenvalue weighted by Gasteiger charge is 2.62. The molecule has 3 saturated carbocycles. The van der Waals surface area contributed by atoms with Crippen molar-refractivity contribution in [2.24, 2.45) is 34.5 Å². The van der Waals surface area contributed by atoms with Gasteiger partial charge in [0.1, 0.15) is 0 Å². The second kappa shape index (κ2) is 4.71. The highest BCUT2D eigenvalue weighted by Crippen LogP contribution is 2.67. The van der Waals surface area contributed by atoms with E-state index in [4.69, 9.17) is 0 Å². The van der Waals surface area contributed by atoms with Gasteiger partial charge in [0.15, 0.2) is 5.78 Å². The van der Waals surface area contributed by atoms with E-state index in [0.717, 1.165) is 31.6 Å². The number of allylic oxidation sites excluding steroid dienone is 1. The molecule has 2 nitrogen and oxygen atoms in total. The van der Waals surface area contributed by atoms with Gasteiger partial charge in [0, 0.05) is 5.92 Å². The van der Waals surface area contributed by atoms with Crippen LogP contribution in [0.5, 0.6) is 0 Å². The normalized spacial score (nSPS) is 55.7. The van der Waals surface area contributed by atoms with E-state index in [-0.39, 0.29) is 16.7 Å². The predicted molar refractivity (Wildman–Crippen MR) is 91.9 cm³/mol. The van der Waals surface area contributed by atoms with E-state index in [1.165, 1.54) is 24.8 Å². The zero-order valence-corrected chi connectivity index (χ0v) is 15.2. The molecule has 0 heterocycles. The molecular formula is C21H32O2. The third kappa shape index (κ3) is 1.94. The Morgan fingerprint density at radius 2 is 1.78 bits per heavy atom. The molecule has 2 heteroatoms. The average molecular weight is 316 g/mol. The smallest absolute Gasteiger partial charge is 0.158 e. The summed E-state index contributed by atoms with van der Waals surface area (Å²) in [6.45, 7) is 8.97. The van der Waals surface area contributed by atoms with Crippen LogP contribution in [0.4, 0.5) is 0 Å². The molecular weight excluding hydrogens is 284 g/mol. The Kier molecular flexibility index (Phi) is 3.25. The lowest BCUT2D eigenvalue weighted by atomic mass is 9.46. The van der Waals surface area contributed by atoms with Gasteiger partial charge in [-0.1, -0.05) is 26.3 Å². The summed E-state index contributed by atoms with van der Waals surface area (Å²) in [4.78, 5) is 12.2. The molecule has 4 rings (SSSR count). The van der Waals surface area contributed by atoms with E-state index in [1.807, 2.05) is 6.08 Å². The van der Waals surface area contributed by atoms with E-state index >= 15 is 0 Å². The maximum Gasteiger partial charge on any atom is 0.158 e. The number of carbonyl (C=O) groups excluding carboxylic acids is 1. The number of hydrogen-bond donors (Lipinski definition) is 1. The van der Waals surface area contributed by atoms with Crippen molar-refractivity contribution in [3.05, 3.63) is 11.6 Å². The third-order valence-electron chi connectivity index (χ3n) is 8.83. The van der Waals surface area contributed by atoms with Crippen molar-refractivity contribution in [1.29, 1.82) is 0 Å². The zero-order valence-electron chi connectivity index (χ0n) is 15.2. The molecule has 0 aromatic carbocycles. The number of hydrogen-bond acceptors (Lipinski definition) is 2. The molecule has 128 valence electrons. The largest absolute Gasteiger partial charge is 0.390 e. The van der Waals surface area contributed by atoms with Crippen molar-refractivity contribution in [3.63, 3.8) is 0 Å². The van der Waals surface area contributed by atoms with Crippen molar-refractivity contribution >= 4 is 5.78 Å². The summed E-state index contributed by atoms with van der Waals surface area (Å²) < 4.78 is 0. The van der Waals surface area contributed by atoms with Crippen LogP contribution in [0, 0.1) is 34.5 Å². The highest BCUT2D eigenvalue weighted by atomic mass is 16.3. The van der Waals surface area contributed by atoms with E-state index in [0.29, 0.717) is 17.6 Å². The van der Waals surface area contributed by atoms with Crippen molar-refractivity contribution in [2.75, 3.05) is 0 Å². The topological polar surface area (TPSA) is 37.3 Å². The lowest BCUT2D eigenvalue weighted by Crippen LogP contribution is -2.54. The number of aliphatic hydroxyl groups is 1. The van der Waals surface area contributed by atoms with Crippen LogP contribution in [0.3, 0.4) is 0 Å². The highest BCUT2D eigenvalue weighted by molar-refractivity contribution is 5.93. The third-order valence-corrected chi connectivity index (χ3v) is 8.83. The predicted octanol–water partition coefficient (Wildman–Crippen LogP) is 4.52. The molecule has 0 bridgehead atoms. The maximum atomic E-state index is 12.2. The van der Waals surface area contributed by atoms with Crippen LogP contribution < -0.4 is 0 Å². The Labute approximate surface area is 140 Å². The van der Waals surface area contributed by atoms with Gasteiger partial charge in [-0.2, -0.15) is 0 Å². The lowest BCUT2D eigenvalue weighted by Gasteiger charge is -2.59. The van der Waals surface area contributed by atoms with Crippen molar-refractivity contribution in [1.82, 2.24) is 0 Å². The van der Waals surface area contributed by atoms with E-state index < -0.39 is 5.60 Å². The fraction of sp³-hybridized carbons (Fsp3) is 0.857. The summed E-state index contributed by atoms with van der Waals surface area (Å²) in [6, 6.07) is 0. The SMILES string of the molecule is C[C@H]1CC2(C)C(=CC1=O)CCC1C2CCC2(C)C1CC[C@@]2(C)O. The zero-order chi connectivity index (χ0) is 16.6. The van der Waals surface area contributed by atoms with Crippen LogP contribution in [0.25, 0.3) is 0 Å². The van der Waals surface area contributed by atoms with Crippen molar-refractivity contribution in [2.45, 2.75) is 78.2 Å². The fourth-order valence-electron chi connectivity index (χ4n) is 7.14. The van der Waals surface area contributed by atoms with Gasteiger partial charge in [-0.3, -0.25) is 4.79 Å². The number of rotatable bonds is 0. The quantitative estimate of drug-likeness (QED) is 0.713. The Bertz CT molecular complexity index is 574. The molecule has 5 unspecified atom stereocenters. The number of fused-ring (bicyclic) bond motifs is 5. The molecule has 0 radical (unpaired) electrons. The van der Waals surface area contributed by atoms with Gasteiger partial charge in [-0.05, 0) is 86.5 Å². The lowest BCUT2D eigenvalue weighted by molar-refractivity contribution is -0.128. The second-order valence-electron chi connectivity index (χ2n) is 9.78. The van der Waals surface area contributed by atoms with Crippen molar-refractivity contribution in [3.8, 4) is 0 Å². The molecule has 0 amide bonds. The minimum absolute atomic E-state index is 0.0991. The molecule has 23 heavy (non-hydrogen) atoms. The van der Waals surface area contributed by atoms with Crippen LogP contribution >= 0.6 is 0 Å². The minimum Gasteiger partial charge on any atom is -0.390 e. The standard InChI is InChI=1S/C21H32O2/c1-13-12-19(2)14(11-18(13)22)5-6-15-16(19)7-9-20(3)17(15)8-10-21(20,4)23/h11,13,15-17,23H,5-10,12H2,1-4H3/t13-,15?,16?,17?,19?,20?,21+/m0/s1. The Morgan fingerprint density at radius 3 is 2.52 bits per heavy atom. The van der Waals surface area contributed by atoms with Gasteiger partial charge in [-0.25, -0.2) is 0 Å². The summed E-state index contributed by atoms with van der Waals surface area (Å²) >= 11 is 0. The first-order chi connectivity index (χ1) is 10.7. The Balaban J connectivity index is 1.70. The van der Waals surface area contributed by atoms with Crippen LogP contribution in [0.15, 0.2) is 11.6 Å². The molecule has 3 fully saturated rings. The Morgan fingerprint density at radius 1 is 1.09 bits per heavy atom. The molecule has 0 spiro atoms. The number of carbonyl (C=O) groups is 1. The van der Waals surface area contributed by atoms with E-state index in [9.17, 15) is 9.90 Å². The van der Waals surface area contributed by atoms with Crippen molar-refractivity contribution < 1.29 is 9.90 Å². The number of ketones is 1.